The number of amides is 1. The highest BCUT2D eigenvalue weighted by Crippen LogP contribution is 2.40. The number of aromatic nitrogens is 1. The van der Waals surface area contributed by atoms with Crippen LogP contribution >= 0.6 is 11.3 Å². The van der Waals surface area contributed by atoms with E-state index in [1.165, 1.54) is 21.7 Å². The molecule has 0 bridgehead atoms. The number of thiazole rings is 1. The van der Waals surface area contributed by atoms with E-state index in [1.807, 2.05) is 31.4 Å². The van der Waals surface area contributed by atoms with E-state index < -0.39 is 16.6 Å². The van der Waals surface area contributed by atoms with E-state index in [4.69, 9.17) is 13.9 Å². The Bertz CT molecular complexity index is 1810. The SMILES string of the molecule is CC(C)N(O[Si](c1ccccc1)(c1ccccc1)C(C)(C)C)C(=O)c1csc(N2CC(O[Si](c3ccccc3)(c3ccccc3)C(C)(C)C)C2)n1. The minimum absolute atomic E-state index is 0.0463. The second kappa shape index (κ2) is 14.6. The van der Waals surface area contributed by atoms with Crippen LogP contribution in [-0.4, -0.2) is 57.8 Å². The molecule has 0 unspecified atom stereocenters. The Balaban J connectivity index is 1.25. The van der Waals surface area contributed by atoms with Gasteiger partial charge in [-0.25, -0.2) is 10.0 Å². The van der Waals surface area contributed by atoms with E-state index in [-0.39, 0.29) is 28.1 Å². The zero-order valence-electron chi connectivity index (χ0n) is 31.2. The first-order chi connectivity index (χ1) is 24.3. The monoisotopic (exact) mass is 733 g/mol. The van der Waals surface area contributed by atoms with Gasteiger partial charge >= 0.3 is 0 Å². The van der Waals surface area contributed by atoms with Crippen molar-refractivity contribution in [1.29, 1.82) is 0 Å². The second-order valence-corrected chi connectivity index (χ2v) is 25.1. The summed E-state index contributed by atoms with van der Waals surface area (Å²) in [7, 11) is -5.69. The normalized spacial score (nSPS) is 14.4. The maximum Gasteiger partial charge on any atom is 0.296 e. The molecule has 2 heterocycles. The van der Waals surface area contributed by atoms with Crippen molar-refractivity contribution in [3.05, 3.63) is 132 Å². The fourth-order valence-corrected chi connectivity index (χ4v) is 17.3. The zero-order chi connectivity index (χ0) is 36.4. The maximum absolute atomic E-state index is 14.4. The Morgan fingerprint density at radius 2 is 1.10 bits per heavy atom. The Morgan fingerprint density at radius 1 is 0.706 bits per heavy atom. The van der Waals surface area contributed by atoms with Crippen molar-refractivity contribution in [2.45, 2.75) is 77.6 Å². The van der Waals surface area contributed by atoms with Gasteiger partial charge < -0.3 is 13.9 Å². The molecule has 9 heteroatoms. The van der Waals surface area contributed by atoms with Crippen LogP contribution in [0.1, 0.15) is 65.9 Å². The first-order valence-corrected chi connectivity index (χ1v) is 22.6. The average molecular weight is 734 g/mol. The summed E-state index contributed by atoms with van der Waals surface area (Å²) < 4.78 is 14.5. The molecule has 0 radical (unpaired) electrons. The van der Waals surface area contributed by atoms with Crippen molar-refractivity contribution in [1.82, 2.24) is 10.0 Å². The van der Waals surface area contributed by atoms with Crippen LogP contribution in [0.4, 0.5) is 5.13 Å². The summed E-state index contributed by atoms with van der Waals surface area (Å²) in [4.78, 5) is 21.5. The molecule has 6 nitrogen and oxygen atoms in total. The summed E-state index contributed by atoms with van der Waals surface area (Å²) in [6.07, 6.45) is 0.0463. The van der Waals surface area contributed by atoms with Crippen molar-refractivity contribution in [3.63, 3.8) is 0 Å². The van der Waals surface area contributed by atoms with Gasteiger partial charge in [0.05, 0.1) is 12.1 Å². The number of hydrogen-bond acceptors (Lipinski definition) is 6. The molecule has 0 saturated carbocycles. The van der Waals surface area contributed by atoms with Crippen molar-refractivity contribution >= 4 is 59.8 Å². The van der Waals surface area contributed by atoms with Crippen molar-refractivity contribution in [2.75, 3.05) is 18.0 Å². The Hall–Kier alpha value is -3.87. The summed E-state index contributed by atoms with van der Waals surface area (Å²) in [5, 5.41) is 8.70. The van der Waals surface area contributed by atoms with Crippen LogP contribution in [0.5, 0.6) is 0 Å². The van der Waals surface area contributed by atoms with E-state index in [1.54, 1.807) is 5.06 Å². The van der Waals surface area contributed by atoms with Gasteiger partial charge in [0.2, 0.25) is 0 Å². The lowest BCUT2D eigenvalue weighted by atomic mass is 10.2. The van der Waals surface area contributed by atoms with Crippen LogP contribution in [0.25, 0.3) is 0 Å². The van der Waals surface area contributed by atoms with Crippen LogP contribution in [0.2, 0.25) is 10.1 Å². The van der Waals surface area contributed by atoms with Crippen LogP contribution in [-0.2, 0) is 8.95 Å². The maximum atomic E-state index is 14.4. The number of carbonyl (C=O) groups excluding carboxylic acids is 1. The molecule has 0 atom stereocenters. The fraction of sp³-hybridized carbons (Fsp3) is 0.333. The van der Waals surface area contributed by atoms with Gasteiger partial charge in [0, 0.05) is 18.5 Å². The van der Waals surface area contributed by atoms with Crippen LogP contribution in [0.3, 0.4) is 0 Å². The molecule has 51 heavy (non-hydrogen) atoms. The molecule has 1 fully saturated rings. The largest absolute Gasteiger partial charge is 0.401 e. The third-order valence-corrected chi connectivity index (χ3v) is 20.8. The molecule has 0 aliphatic carbocycles. The molecule has 1 aliphatic heterocycles. The first-order valence-electron chi connectivity index (χ1n) is 17.9. The highest BCUT2D eigenvalue weighted by Gasteiger charge is 2.54. The average Bonchev–Trinajstić information content (AvgIpc) is 3.58. The predicted octanol–water partition coefficient (Wildman–Crippen LogP) is 7.25. The molecule has 4 aromatic carbocycles. The Labute approximate surface area is 310 Å². The van der Waals surface area contributed by atoms with Gasteiger partial charge in [0.1, 0.15) is 5.69 Å². The lowest BCUT2D eigenvalue weighted by Crippen LogP contribution is -2.70. The second-order valence-electron chi connectivity index (χ2n) is 15.8. The van der Waals surface area contributed by atoms with Gasteiger partial charge in [0.15, 0.2) is 5.13 Å². The van der Waals surface area contributed by atoms with Crippen molar-refractivity contribution in [3.8, 4) is 0 Å². The smallest absolute Gasteiger partial charge is 0.296 e. The molecule has 0 spiro atoms. The van der Waals surface area contributed by atoms with Gasteiger partial charge in [-0.1, -0.05) is 163 Å². The standard InChI is InChI=1S/C42H51N3O3SSi2/c1-32(2)45(48-51(42(6,7)8,36-25-17-11-18-26-36)37-27-19-12-20-28-37)39(46)38-31-49-40(43-38)44-29-33(30-44)47-50(41(3,4)5,34-21-13-9-14-22-34)35-23-15-10-16-24-35/h9-28,31-33H,29-30H2,1-8H3. The lowest BCUT2D eigenvalue weighted by Gasteiger charge is -2.49. The molecule has 6 rings (SSSR count). The molecule has 0 N–H and O–H groups in total. The third-order valence-electron chi connectivity index (χ3n) is 9.91. The van der Waals surface area contributed by atoms with Crippen LogP contribution in [0, 0.1) is 0 Å². The molecule has 1 saturated heterocycles. The van der Waals surface area contributed by atoms with Crippen molar-refractivity contribution in [2.24, 2.45) is 0 Å². The minimum atomic E-state index is -3.03. The van der Waals surface area contributed by atoms with E-state index >= 15 is 0 Å². The molecule has 1 amide bonds. The minimum Gasteiger partial charge on any atom is -0.401 e. The molecular weight excluding hydrogens is 683 g/mol. The molecule has 1 aliphatic rings. The van der Waals surface area contributed by atoms with Gasteiger partial charge in [-0.2, -0.15) is 0 Å². The van der Waals surface area contributed by atoms with Crippen molar-refractivity contribution < 1.29 is 13.7 Å². The van der Waals surface area contributed by atoms with Gasteiger partial charge in [-0.3, -0.25) is 4.79 Å². The van der Waals surface area contributed by atoms with E-state index in [9.17, 15) is 4.79 Å². The van der Waals surface area contributed by atoms with E-state index in [0.29, 0.717) is 5.69 Å². The quantitative estimate of drug-likeness (QED) is 0.106. The highest BCUT2D eigenvalue weighted by atomic mass is 32.1. The van der Waals surface area contributed by atoms with E-state index in [2.05, 4.69) is 156 Å². The fourth-order valence-electron chi connectivity index (χ4n) is 7.38. The van der Waals surface area contributed by atoms with Crippen LogP contribution < -0.4 is 25.6 Å². The first kappa shape index (κ1) is 36.9. The van der Waals surface area contributed by atoms with E-state index in [0.717, 1.165) is 28.6 Å². The predicted molar refractivity (Wildman–Crippen MR) is 217 cm³/mol. The molecular formula is C42H51N3O3SSi2. The van der Waals surface area contributed by atoms with Gasteiger partial charge in [-0.05, 0) is 44.7 Å². The number of nitrogens with zero attached hydrogens (tertiary/aromatic N) is 3. The number of hydroxylamine groups is 2. The highest BCUT2D eigenvalue weighted by molar-refractivity contribution is 7.14. The molecule has 266 valence electrons. The van der Waals surface area contributed by atoms with Gasteiger partial charge in [0.25, 0.3) is 22.5 Å². The summed E-state index contributed by atoms with van der Waals surface area (Å²) >= 11 is 1.50. The summed E-state index contributed by atoms with van der Waals surface area (Å²) in [6, 6.07) is 42.2. The zero-order valence-corrected chi connectivity index (χ0v) is 34.0. The van der Waals surface area contributed by atoms with Crippen LogP contribution in [0.15, 0.2) is 127 Å². The lowest BCUT2D eigenvalue weighted by molar-refractivity contribution is -0.0627. The number of carbonyl (C=O) groups is 1. The summed E-state index contributed by atoms with van der Waals surface area (Å²) in [5.41, 5.74) is 0.401. The Kier molecular flexibility index (Phi) is 10.6. The third kappa shape index (κ3) is 7.02. The topological polar surface area (TPSA) is 54.9 Å². The number of hydrogen-bond donors (Lipinski definition) is 0. The summed E-state index contributed by atoms with van der Waals surface area (Å²) in [6.45, 7) is 19.0. The number of rotatable bonds is 11. The molecule has 5 aromatic rings. The Morgan fingerprint density at radius 3 is 1.47 bits per heavy atom. The molecule has 1 aromatic heterocycles. The summed E-state index contributed by atoms with van der Waals surface area (Å²) in [5.74, 6) is -0.221. The van der Waals surface area contributed by atoms with Gasteiger partial charge in [-0.15, -0.1) is 11.3 Å². The number of benzene rings is 4. The number of anilines is 1.